The molecule has 3 atom stereocenters. The summed E-state index contributed by atoms with van der Waals surface area (Å²) >= 11 is 0. The Balaban J connectivity index is 1.80. The monoisotopic (exact) mass is 252 g/mol. The molecule has 1 heterocycles. The van der Waals surface area contributed by atoms with Crippen LogP contribution in [0.1, 0.15) is 65.7 Å². The third-order valence-electron chi connectivity index (χ3n) is 5.22. The maximum absolute atomic E-state index is 3.70. The molecule has 18 heavy (non-hydrogen) atoms. The van der Waals surface area contributed by atoms with E-state index in [-0.39, 0.29) is 0 Å². The largest absolute Gasteiger partial charge is 0.314 e. The van der Waals surface area contributed by atoms with Crippen molar-refractivity contribution in [1.29, 1.82) is 0 Å². The fraction of sp³-hybridized carbons (Fsp3) is 1.00. The summed E-state index contributed by atoms with van der Waals surface area (Å²) in [6, 6.07) is 2.35. The lowest BCUT2D eigenvalue weighted by Gasteiger charge is -2.43. The van der Waals surface area contributed by atoms with Gasteiger partial charge in [0.2, 0.25) is 0 Å². The lowest BCUT2D eigenvalue weighted by Crippen LogP contribution is -2.52. The zero-order valence-electron chi connectivity index (χ0n) is 12.6. The smallest absolute Gasteiger partial charge is 0.00980 e. The molecule has 0 aromatic rings. The van der Waals surface area contributed by atoms with E-state index in [9.17, 15) is 0 Å². The van der Waals surface area contributed by atoms with E-state index in [1.54, 1.807) is 0 Å². The molecule has 106 valence electrons. The lowest BCUT2D eigenvalue weighted by atomic mass is 9.91. The first-order valence-electron chi connectivity index (χ1n) is 8.21. The van der Waals surface area contributed by atoms with Crippen molar-refractivity contribution in [3.8, 4) is 0 Å². The van der Waals surface area contributed by atoms with E-state index in [0.717, 1.165) is 24.0 Å². The predicted octanol–water partition coefficient (Wildman–Crippen LogP) is 3.42. The van der Waals surface area contributed by atoms with E-state index in [0.29, 0.717) is 0 Å². The van der Waals surface area contributed by atoms with Crippen LogP contribution >= 0.6 is 0 Å². The number of piperidine rings is 1. The summed E-state index contributed by atoms with van der Waals surface area (Å²) in [5, 5.41) is 3.70. The third-order valence-corrected chi connectivity index (χ3v) is 5.22. The molecule has 0 aromatic heterocycles. The molecular formula is C16H32N2. The molecule has 1 saturated heterocycles. The maximum atomic E-state index is 3.70. The minimum atomic E-state index is 0.767. The van der Waals surface area contributed by atoms with Crippen molar-refractivity contribution in [2.45, 2.75) is 83.8 Å². The summed E-state index contributed by atoms with van der Waals surface area (Å²) in [5.41, 5.74) is 0. The second-order valence-electron chi connectivity index (χ2n) is 6.55. The molecular weight excluding hydrogens is 220 g/mol. The van der Waals surface area contributed by atoms with Crippen molar-refractivity contribution in [2.24, 2.45) is 5.92 Å². The van der Waals surface area contributed by atoms with E-state index in [4.69, 9.17) is 0 Å². The highest BCUT2D eigenvalue weighted by molar-refractivity contribution is 4.89. The summed E-state index contributed by atoms with van der Waals surface area (Å²) in [4.78, 5) is 2.79. The number of nitrogens with zero attached hydrogens (tertiary/aromatic N) is 1. The molecule has 2 nitrogen and oxygen atoms in total. The second kappa shape index (κ2) is 6.91. The summed E-state index contributed by atoms with van der Waals surface area (Å²) in [7, 11) is 0. The van der Waals surface area contributed by atoms with Crippen LogP contribution in [-0.4, -0.2) is 36.1 Å². The van der Waals surface area contributed by atoms with E-state index < -0.39 is 0 Å². The van der Waals surface area contributed by atoms with Crippen LogP contribution in [0.25, 0.3) is 0 Å². The minimum Gasteiger partial charge on any atom is -0.314 e. The third kappa shape index (κ3) is 3.48. The molecule has 0 spiro atoms. The van der Waals surface area contributed by atoms with E-state index in [2.05, 4.69) is 31.0 Å². The molecule has 1 saturated carbocycles. The Hall–Kier alpha value is -0.0800. The molecule has 2 rings (SSSR count). The Labute approximate surface area is 114 Å². The van der Waals surface area contributed by atoms with E-state index in [1.807, 2.05) is 0 Å². The predicted molar refractivity (Wildman–Crippen MR) is 78.9 cm³/mol. The quantitative estimate of drug-likeness (QED) is 0.806. The van der Waals surface area contributed by atoms with Crippen molar-refractivity contribution in [3.63, 3.8) is 0 Å². The van der Waals surface area contributed by atoms with E-state index >= 15 is 0 Å². The maximum Gasteiger partial charge on any atom is 0.00980 e. The van der Waals surface area contributed by atoms with Crippen LogP contribution in [0.3, 0.4) is 0 Å². The van der Waals surface area contributed by atoms with Gasteiger partial charge >= 0.3 is 0 Å². The van der Waals surface area contributed by atoms with Crippen LogP contribution in [-0.2, 0) is 0 Å². The van der Waals surface area contributed by atoms with Crippen LogP contribution in [0.2, 0.25) is 0 Å². The molecule has 0 radical (unpaired) electrons. The van der Waals surface area contributed by atoms with Gasteiger partial charge in [-0.25, -0.2) is 0 Å². The molecule has 3 unspecified atom stereocenters. The van der Waals surface area contributed by atoms with Crippen LogP contribution in [0.5, 0.6) is 0 Å². The second-order valence-corrected chi connectivity index (χ2v) is 6.55. The van der Waals surface area contributed by atoms with Crippen LogP contribution in [0.15, 0.2) is 0 Å². The van der Waals surface area contributed by atoms with Gasteiger partial charge in [-0.3, -0.25) is 4.90 Å². The number of likely N-dealkylation sites (tertiary alicyclic amines) is 1. The average Bonchev–Trinajstić information content (AvgIpc) is 2.89. The minimum absolute atomic E-state index is 0.767. The van der Waals surface area contributed by atoms with Crippen LogP contribution in [0, 0.1) is 5.92 Å². The Morgan fingerprint density at radius 2 is 1.94 bits per heavy atom. The van der Waals surface area contributed by atoms with Gasteiger partial charge < -0.3 is 5.32 Å². The highest BCUT2D eigenvalue weighted by Crippen LogP contribution is 2.32. The summed E-state index contributed by atoms with van der Waals surface area (Å²) in [5.74, 6) is 0.979. The molecule has 1 aliphatic heterocycles. The molecule has 0 aromatic carbocycles. The van der Waals surface area contributed by atoms with Gasteiger partial charge in [-0.1, -0.05) is 19.8 Å². The van der Waals surface area contributed by atoms with Crippen molar-refractivity contribution < 1.29 is 0 Å². The van der Waals surface area contributed by atoms with Gasteiger partial charge in [0.05, 0.1) is 0 Å². The molecule has 2 heteroatoms. The summed E-state index contributed by atoms with van der Waals surface area (Å²) in [6.45, 7) is 9.67. The van der Waals surface area contributed by atoms with Gasteiger partial charge in [0.1, 0.15) is 0 Å². The SMILES string of the molecule is CCCNC1CCN(C(C)C2CCCC2)C(C)C1. The number of nitrogens with one attached hydrogen (secondary N) is 1. The molecule has 2 aliphatic rings. The van der Waals surface area contributed by atoms with Gasteiger partial charge in [-0.05, 0) is 58.4 Å². The first kappa shape index (κ1) is 14.3. The van der Waals surface area contributed by atoms with Crippen LogP contribution in [0.4, 0.5) is 0 Å². The number of hydrogen-bond donors (Lipinski definition) is 1. The molecule has 0 amide bonds. The molecule has 2 fully saturated rings. The molecule has 1 N–H and O–H groups in total. The van der Waals surface area contributed by atoms with Gasteiger partial charge in [0, 0.05) is 24.7 Å². The molecule has 0 bridgehead atoms. The Bertz CT molecular complexity index is 235. The average molecular weight is 252 g/mol. The van der Waals surface area contributed by atoms with E-state index in [1.165, 1.54) is 58.0 Å². The van der Waals surface area contributed by atoms with Crippen LogP contribution < -0.4 is 5.32 Å². The number of rotatable bonds is 5. The van der Waals surface area contributed by atoms with Crippen molar-refractivity contribution in [3.05, 3.63) is 0 Å². The topological polar surface area (TPSA) is 15.3 Å². The normalized spacial score (nSPS) is 32.8. The van der Waals surface area contributed by atoms with Gasteiger partial charge in [-0.2, -0.15) is 0 Å². The zero-order chi connectivity index (χ0) is 13.0. The Kier molecular flexibility index (Phi) is 5.50. The first-order valence-corrected chi connectivity index (χ1v) is 8.21. The van der Waals surface area contributed by atoms with Gasteiger partial charge in [0.15, 0.2) is 0 Å². The fourth-order valence-corrected chi connectivity index (χ4v) is 4.04. The Morgan fingerprint density at radius 3 is 2.56 bits per heavy atom. The van der Waals surface area contributed by atoms with Crippen molar-refractivity contribution >= 4 is 0 Å². The number of hydrogen-bond acceptors (Lipinski definition) is 2. The fourth-order valence-electron chi connectivity index (χ4n) is 4.04. The lowest BCUT2D eigenvalue weighted by molar-refractivity contribution is 0.0669. The highest BCUT2D eigenvalue weighted by Gasteiger charge is 2.32. The zero-order valence-corrected chi connectivity index (χ0v) is 12.6. The summed E-state index contributed by atoms with van der Waals surface area (Å²) in [6.07, 6.45) is 9.84. The Morgan fingerprint density at radius 1 is 1.22 bits per heavy atom. The first-order chi connectivity index (χ1) is 8.72. The van der Waals surface area contributed by atoms with Crippen molar-refractivity contribution in [2.75, 3.05) is 13.1 Å². The van der Waals surface area contributed by atoms with Crippen molar-refractivity contribution in [1.82, 2.24) is 10.2 Å². The molecule has 1 aliphatic carbocycles. The standard InChI is InChI=1S/C16H32N2/c1-4-10-17-16-9-11-18(13(2)12-16)14(3)15-7-5-6-8-15/h13-17H,4-12H2,1-3H3. The van der Waals surface area contributed by atoms with Gasteiger partial charge in [-0.15, -0.1) is 0 Å². The highest BCUT2D eigenvalue weighted by atomic mass is 15.2. The van der Waals surface area contributed by atoms with Gasteiger partial charge in [0.25, 0.3) is 0 Å². The summed E-state index contributed by atoms with van der Waals surface area (Å²) < 4.78 is 0.